The Hall–Kier alpha value is -1.70. The summed E-state index contributed by atoms with van der Waals surface area (Å²) < 4.78 is 27.2. The summed E-state index contributed by atoms with van der Waals surface area (Å²) in [6.07, 6.45) is 0.888. The standard InChI is InChI=1S/C20H28N2O3S2/c1-7-18-14(5)11-19(26-18)20(23)21-17-12-16(10-13(4)15(17)6)27(24,25)22(8-2)9-3/h10-12H,7-9H2,1-6H3,(H,21,23). The number of hydrogen-bond donors (Lipinski definition) is 1. The van der Waals surface area contributed by atoms with Gasteiger partial charge < -0.3 is 5.32 Å². The zero-order valence-electron chi connectivity index (χ0n) is 16.8. The van der Waals surface area contributed by atoms with Crippen molar-refractivity contribution in [3.63, 3.8) is 0 Å². The molecule has 0 fully saturated rings. The third-order valence-electron chi connectivity index (χ3n) is 4.80. The maximum absolute atomic E-state index is 12.9. The normalized spacial score (nSPS) is 11.8. The first kappa shape index (κ1) is 21.6. The SMILES string of the molecule is CCc1sc(C(=O)Nc2cc(S(=O)(=O)N(CC)CC)cc(C)c2C)cc1C. The molecule has 7 heteroatoms. The largest absolute Gasteiger partial charge is 0.321 e. The Morgan fingerprint density at radius 3 is 2.19 bits per heavy atom. The highest BCUT2D eigenvalue weighted by Gasteiger charge is 2.24. The minimum Gasteiger partial charge on any atom is -0.321 e. The van der Waals surface area contributed by atoms with Crippen molar-refractivity contribution in [3.8, 4) is 0 Å². The molecule has 0 aliphatic carbocycles. The van der Waals surface area contributed by atoms with Crippen molar-refractivity contribution in [2.24, 2.45) is 0 Å². The Kier molecular flexibility index (Phi) is 6.83. The molecular weight excluding hydrogens is 380 g/mol. The van der Waals surface area contributed by atoms with Crippen LogP contribution in [0.3, 0.4) is 0 Å². The van der Waals surface area contributed by atoms with Crippen LogP contribution in [0.1, 0.15) is 52.0 Å². The van der Waals surface area contributed by atoms with E-state index in [1.54, 1.807) is 12.1 Å². The number of carbonyl (C=O) groups is 1. The molecule has 5 nitrogen and oxygen atoms in total. The first-order valence-electron chi connectivity index (χ1n) is 9.17. The lowest BCUT2D eigenvalue weighted by molar-refractivity contribution is 0.103. The van der Waals surface area contributed by atoms with E-state index in [-0.39, 0.29) is 10.8 Å². The Morgan fingerprint density at radius 1 is 1.04 bits per heavy atom. The van der Waals surface area contributed by atoms with Crippen molar-refractivity contribution in [1.82, 2.24) is 4.31 Å². The minimum absolute atomic E-state index is 0.206. The second-order valence-corrected chi connectivity index (χ2v) is 9.60. The zero-order chi connectivity index (χ0) is 20.4. The lowest BCUT2D eigenvalue weighted by Gasteiger charge is -2.20. The average molecular weight is 409 g/mol. The molecule has 0 aliphatic heterocycles. The van der Waals surface area contributed by atoms with E-state index in [1.165, 1.54) is 20.5 Å². The summed E-state index contributed by atoms with van der Waals surface area (Å²) in [5.41, 5.74) is 3.34. The average Bonchev–Trinajstić information content (AvgIpc) is 3.00. The van der Waals surface area contributed by atoms with Crippen LogP contribution in [0.15, 0.2) is 23.1 Å². The molecule has 148 valence electrons. The molecule has 2 aromatic rings. The topological polar surface area (TPSA) is 66.5 Å². The summed E-state index contributed by atoms with van der Waals surface area (Å²) in [6, 6.07) is 5.12. The van der Waals surface area contributed by atoms with Crippen LogP contribution in [0.5, 0.6) is 0 Å². The highest BCUT2D eigenvalue weighted by atomic mass is 32.2. The fraction of sp³-hybridized carbons (Fsp3) is 0.450. The molecule has 1 aromatic carbocycles. The third-order valence-corrected chi connectivity index (χ3v) is 8.21. The van der Waals surface area contributed by atoms with Crippen LogP contribution in [0.2, 0.25) is 0 Å². The van der Waals surface area contributed by atoms with E-state index in [0.29, 0.717) is 23.7 Å². The van der Waals surface area contributed by atoms with E-state index < -0.39 is 10.0 Å². The number of rotatable bonds is 7. The van der Waals surface area contributed by atoms with Crippen LogP contribution in [0, 0.1) is 20.8 Å². The Labute approximate surface area is 166 Å². The number of carbonyl (C=O) groups excluding carboxylic acids is 1. The van der Waals surface area contributed by atoms with Crippen LogP contribution in [-0.4, -0.2) is 31.7 Å². The summed E-state index contributed by atoms with van der Waals surface area (Å²) in [5.74, 6) is -0.206. The lowest BCUT2D eigenvalue weighted by atomic mass is 10.1. The molecule has 1 aromatic heterocycles. The van der Waals surface area contributed by atoms with E-state index >= 15 is 0 Å². The molecule has 0 bridgehead atoms. The summed E-state index contributed by atoms with van der Waals surface area (Å²) >= 11 is 1.48. The third kappa shape index (κ3) is 4.42. The van der Waals surface area contributed by atoms with Gasteiger partial charge in [-0.05, 0) is 62.1 Å². The van der Waals surface area contributed by atoms with Gasteiger partial charge in [0.2, 0.25) is 10.0 Å². The fourth-order valence-corrected chi connectivity index (χ4v) is 5.56. The van der Waals surface area contributed by atoms with Gasteiger partial charge in [0.25, 0.3) is 5.91 Å². The maximum Gasteiger partial charge on any atom is 0.265 e. The predicted octanol–water partition coefficient (Wildman–Crippen LogP) is 4.52. The van der Waals surface area contributed by atoms with Gasteiger partial charge in [-0.3, -0.25) is 4.79 Å². The van der Waals surface area contributed by atoms with Gasteiger partial charge in [0.05, 0.1) is 9.77 Å². The molecular formula is C20H28N2O3S2. The first-order valence-corrected chi connectivity index (χ1v) is 11.4. The van der Waals surface area contributed by atoms with Gasteiger partial charge in [0, 0.05) is 23.7 Å². The van der Waals surface area contributed by atoms with Crippen molar-refractivity contribution in [3.05, 3.63) is 44.6 Å². The van der Waals surface area contributed by atoms with Gasteiger partial charge in [-0.25, -0.2) is 8.42 Å². The highest BCUT2D eigenvalue weighted by molar-refractivity contribution is 7.89. The van der Waals surface area contributed by atoms with E-state index in [0.717, 1.165) is 23.1 Å². The number of nitrogens with one attached hydrogen (secondary N) is 1. The molecule has 2 rings (SSSR count). The molecule has 1 N–H and O–H groups in total. The number of benzene rings is 1. The van der Waals surface area contributed by atoms with Gasteiger partial charge in [-0.1, -0.05) is 20.8 Å². The van der Waals surface area contributed by atoms with Gasteiger partial charge in [-0.2, -0.15) is 4.31 Å². The minimum atomic E-state index is -3.59. The number of nitrogens with zero attached hydrogens (tertiary/aromatic N) is 1. The summed E-state index contributed by atoms with van der Waals surface area (Å²) in [6.45, 7) is 12.2. The lowest BCUT2D eigenvalue weighted by Crippen LogP contribution is -2.30. The van der Waals surface area contributed by atoms with Crippen LogP contribution < -0.4 is 5.32 Å². The summed E-state index contributed by atoms with van der Waals surface area (Å²) in [7, 11) is -3.59. The number of amides is 1. The fourth-order valence-electron chi connectivity index (χ4n) is 2.98. The highest BCUT2D eigenvalue weighted by Crippen LogP contribution is 2.28. The van der Waals surface area contributed by atoms with E-state index in [9.17, 15) is 13.2 Å². The van der Waals surface area contributed by atoms with Crippen LogP contribution in [-0.2, 0) is 16.4 Å². The van der Waals surface area contributed by atoms with Crippen LogP contribution >= 0.6 is 11.3 Å². The van der Waals surface area contributed by atoms with Crippen molar-refractivity contribution >= 4 is 33.0 Å². The first-order chi connectivity index (χ1) is 12.6. The van der Waals surface area contributed by atoms with Crippen LogP contribution in [0.4, 0.5) is 5.69 Å². The van der Waals surface area contributed by atoms with Crippen molar-refractivity contribution in [2.75, 3.05) is 18.4 Å². The van der Waals surface area contributed by atoms with Crippen molar-refractivity contribution in [2.45, 2.75) is 52.9 Å². The van der Waals surface area contributed by atoms with Gasteiger partial charge >= 0.3 is 0 Å². The molecule has 0 saturated carbocycles. The Balaban J connectivity index is 2.42. The monoisotopic (exact) mass is 408 g/mol. The molecule has 0 spiro atoms. The molecule has 0 unspecified atom stereocenters. The van der Waals surface area contributed by atoms with E-state index in [1.807, 2.05) is 40.7 Å². The number of hydrogen-bond acceptors (Lipinski definition) is 4. The second-order valence-electron chi connectivity index (χ2n) is 6.53. The second kappa shape index (κ2) is 8.54. The Bertz CT molecular complexity index is 942. The number of sulfonamides is 1. The molecule has 1 amide bonds. The number of anilines is 1. The Morgan fingerprint density at radius 2 is 1.67 bits per heavy atom. The molecule has 0 radical (unpaired) electrons. The molecule has 0 atom stereocenters. The number of thiophene rings is 1. The van der Waals surface area contributed by atoms with E-state index in [4.69, 9.17) is 0 Å². The predicted molar refractivity (Wildman–Crippen MR) is 112 cm³/mol. The van der Waals surface area contributed by atoms with Gasteiger partial charge in [0.1, 0.15) is 0 Å². The molecule has 0 saturated heterocycles. The van der Waals surface area contributed by atoms with Crippen molar-refractivity contribution in [1.29, 1.82) is 0 Å². The molecule has 27 heavy (non-hydrogen) atoms. The van der Waals surface area contributed by atoms with Crippen molar-refractivity contribution < 1.29 is 13.2 Å². The quantitative estimate of drug-likeness (QED) is 0.732. The molecule has 1 heterocycles. The summed E-state index contributed by atoms with van der Waals surface area (Å²) in [5, 5.41) is 2.91. The van der Waals surface area contributed by atoms with Gasteiger partial charge in [-0.15, -0.1) is 11.3 Å². The molecule has 0 aliphatic rings. The van der Waals surface area contributed by atoms with E-state index in [2.05, 4.69) is 12.2 Å². The smallest absolute Gasteiger partial charge is 0.265 e. The van der Waals surface area contributed by atoms with Gasteiger partial charge in [0.15, 0.2) is 0 Å². The van der Waals surface area contributed by atoms with Crippen LogP contribution in [0.25, 0.3) is 0 Å². The number of aryl methyl sites for hydroxylation is 3. The maximum atomic E-state index is 12.9. The zero-order valence-corrected chi connectivity index (χ0v) is 18.5. The summed E-state index contributed by atoms with van der Waals surface area (Å²) in [4.78, 5) is 14.7.